The molecular formula is C14H17NO3. The minimum absolute atomic E-state index is 0.179. The summed E-state index contributed by atoms with van der Waals surface area (Å²) in [6, 6.07) is 7.18. The average molecular weight is 247 g/mol. The van der Waals surface area contributed by atoms with Crippen molar-refractivity contribution in [2.75, 3.05) is 6.54 Å². The number of nitrogens with zero attached hydrogens (tertiary/aromatic N) is 1. The van der Waals surface area contributed by atoms with Gasteiger partial charge >= 0.3 is 0 Å². The van der Waals surface area contributed by atoms with E-state index in [4.69, 9.17) is 0 Å². The first kappa shape index (κ1) is 12.8. The zero-order valence-electron chi connectivity index (χ0n) is 10.4. The van der Waals surface area contributed by atoms with Gasteiger partial charge in [0.25, 0.3) is 5.91 Å². The molecule has 1 aromatic carbocycles. The molecule has 2 amide bonds. The van der Waals surface area contributed by atoms with Crippen LogP contribution in [-0.4, -0.2) is 34.5 Å². The Labute approximate surface area is 106 Å². The maximum absolute atomic E-state index is 12.2. The minimum Gasteiger partial charge on any atom is -0.393 e. The second-order valence-corrected chi connectivity index (χ2v) is 4.54. The van der Waals surface area contributed by atoms with Gasteiger partial charge in [-0.25, -0.2) is 0 Å². The van der Waals surface area contributed by atoms with E-state index >= 15 is 0 Å². The van der Waals surface area contributed by atoms with Crippen molar-refractivity contribution >= 4 is 11.8 Å². The van der Waals surface area contributed by atoms with E-state index in [2.05, 4.69) is 0 Å². The molecule has 0 bridgehead atoms. The lowest BCUT2D eigenvalue weighted by Crippen LogP contribution is -2.43. The van der Waals surface area contributed by atoms with Crippen molar-refractivity contribution in [3.63, 3.8) is 0 Å². The fourth-order valence-electron chi connectivity index (χ4n) is 2.11. The van der Waals surface area contributed by atoms with E-state index in [0.29, 0.717) is 24.9 Å². The van der Waals surface area contributed by atoms with Crippen molar-refractivity contribution in [2.45, 2.75) is 32.3 Å². The predicted molar refractivity (Wildman–Crippen MR) is 67.1 cm³/mol. The van der Waals surface area contributed by atoms with E-state index < -0.39 is 6.10 Å². The number of amides is 2. The van der Waals surface area contributed by atoms with Gasteiger partial charge in [-0.2, -0.15) is 0 Å². The highest BCUT2D eigenvalue weighted by Crippen LogP contribution is 2.20. The zero-order chi connectivity index (χ0) is 13.1. The molecule has 0 saturated heterocycles. The summed E-state index contributed by atoms with van der Waals surface area (Å²) in [5, 5.41) is 9.51. The second kappa shape index (κ2) is 5.31. The molecule has 0 fully saturated rings. The van der Waals surface area contributed by atoms with Gasteiger partial charge < -0.3 is 5.11 Å². The van der Waals surface area contributed by atoms with Crippen LogP contribution in [0, 0.1) is 0 Å². The molecule has 18 heavy (non-hydrogen) atoms. The van der Waals surface area contributed by atoms with Gasteiger partial charge in [0.15, 0.2) is 0 Å². The number of aliphatic hydroxyl groups excluding tert-OH is 1. The smallest absolute Gasteiger partial charge is 0.260 e. The molecule has 0 radical (unpaired) electrons. The molecule has 4 nitrogen and oxygen atoms in total. The molecule has 2 rings (SSSR count). The molecular weight excluding hydrogens is 230 g/mol. The number of carbonyl (C=O) groups is 2. The predicted octanol–water partition coefficient (Wildman–Crippen LogP) is 1.37. The number of benzene rings is 1. The topological polar surface area (TPSA) is 57.6 Å². The van der Waals surface area contributed by atoms with Crippen LogP contribution in [0.1, 0.15) is 35.7 Å². The minimum atomic E-state index is -0.456. The van der Waals surface area contributed by atoms with Crippen LogP contribution >= 0.6 is 0 Å². The van der Waals surface area contributed by atoms with Crippen LogP contribution in [0.4, 0.5) is 0 Å². The van der Waals surface area contributed by atoms with Gasteiger partial charge in [-0.1, -0.05) is 25.1 Å². The van der Waals surface area contributed by atoms with Crippen molar-refractivity contribution in [3.05, 3.63) is 35.4 Å². The lowest BCUT2D eigenvalue weighted by atomic mass is 9.98. The van der Waals surface area contributed by atoms with Gasteiger partial charge in [-0.05, 0) is 24.5 Å². The fraction of sp³-hybridized carbons (Fsp3) is 0.429. The Hall–Kier alpha value is -1.68. The summed E-state index contributed by atoms with van der Waals surface area (Å²) in [6.45, 7) is 2.17. The summed E-state index contributed by atoms with van der Waals surface area (Å²) in [5.41, 5.74) is 1.39. The molecule has 1 atom stereocenters. The molecule has 1 aliphatic heterocycles. The number of imide groups is 1. The van der Waals surface area contributed by atoms with Crippen molar-refractivity contribution in [1.82, 2.24) is 4.90 Å². The van der Waals surface area contributed by atoms with E-state index in [9.17, 15) is 14.7 Å². The fourth-order valence-corrected chi connectivity index (χ4v) is 2.11. The maximum Gasteiger partial charge on any atom is 0.260 e. The van der Waals surface area contributed by atoms with E-state index in [1.54, 1.807) is 12.1 Å². The van der Waals surface area contributed by atoms with Gasteiger partial charge in [-0.3, -0.25) is 14.5 Å². The van der Waals surface area contributed by atoms with Crippen molar-refractivity contribution < 1.29 is 14.7 Å². The third-order valence-corrected chi connectivity index (χ3v) is 3.29. The number of rotatable bonds is 4. The largest absolute Gasteiger partial charge is 0.393 e. The lowest BCUT2D eigenvalue weighted by molar-refractivity contribution is -0.128. The summed E-state index contributed by atoms with van der Waals surface area (Å²) in [5.74, 6) is -0.424. The van der Waals surface area contributed by atoms with Crippen LogP contribution in [0.15, 0.2) is 24.3 Å². The van der Waals surface area contributed by atoms with Gasteiger partial charge in [0.2, 0.25) is 5.91 Å². The third kappa shape index (κ3) is 2.43. The first-order chi connectivity index (χ1) is 8.63. The summed E-state index contributed by atoms with van der Waals surface area (Å²) >= 11 is 0. The van der Waals surface area contributed by atoms with Gasteiger partial charge in [-0.15, -0.1) is 0 Å². The molecule has 1 heterocycles. The molecule has 0 saturated carbocycles. The van der Waals surface area contributed by atoms with Crippen LogP contribution in [0.5, 0.6) is 0 Å². The molecule has 0 spiro atoms. The summed E-state index contributed by atoms with van der Waals surface area (Å²) in [4.78, 5) is 25.3. The van der Waals surface area contributed by atoms with Crippen LogP contribution in [0.25, 0.3) is 0 Å². The molecule has 96 valence electrons. The highest BCUT2D eigenvalue weighted by Gasteiger charge is 2.30. The number of hydrogen-bond donors (Lipinski definition) is 1. The highest BCUT2D eigenvalue weighted by atomic mass is 16.3. The molecule has 0 aliphatic carbocycles. The Balaban J connectivity index is 2.14. The second-order valence-electron chi connectivity index (χ2n) is 4.54. The first-order valence-corrected chi connectivity index (χ1v) is 6.24. The van der Waals surface area contributed by atoms with Crippen LogP contribution in [0.3, 0.4) is 0 Å². The number of hydrogen-bond acceptors (Lipinski definition) is 3. The Morgan fingerprint density at radius 2 is 2.06 bits per heavy atom. The number of fused-ring (bicyclic) bond motifs is 1. The Morgan fingerprint density at radius 1 is 1.33 bits per heavy atom. The van der Waals surface area contributed by atoms with Crippen molar-refractivity contribution in [1.29, 1.82) is 0 Å². The van der Waals surface area contributed by atoms with E-state index in [1.807, 2.05) is 19.1 Å². The SMILES string of the molecule is CCC(O)CCN1C(=O)Cc2ccccc2C1=O. The summed E-state index contributed by atoms with van der Waals surface area (Å²) in [6.07, 6.45) is 0.885. The summed E-state index contributed by atoms with van der Waals surface area (Å²) < 4.78 is 0. The van der Waals surface area contributed by atoms with E-state index in [1.165, 1.54) is 4.90 Å². The third-order valence-electron chi connectivity index (χ3n) is 3.29. The van der Waals surface area contributed by atoms with Gasteiger partial charge in [0, 0.05) is 12.1 Å². The highest BCUT2D eigenvalue weighted by molar-refractivity contribution is 6.09. The Bertz CT molecular complexity index is 470. The molecule has 0 aromatic heterocycles. The van der Waals surface area contributed by atoms with E-state index in [0.717, 1.165) is 5.56 Å². The molecule has 1 unspecified atom stereocenters. The number of carbonyl (C=O) groups excluding carboxylic acids is 2. The molecule has 4 heteroatoms. The van der Waals surface area contributed by atoms with Crippen LogP contribution < -0.4 is 0 Å². The molecule has 1 aliphatic rings. The molecule has 1 N–H and O–H groups in total. The van der Waals surface area contributed by atoms with E-state index in [-0.39, 0.29) is 18.2 Å². The summed E-state index contributed by atoms with van der Waals surface area (Å²) in [7, 11) is 0. The Kier molecular flexibility index (Phi) is 3.77. The van der Waals surface area contributed by atoms with Crippen LogP contribution in [0.2, 0.25) is 0 Å². The van der Waals surface area contributed by atoms with Gasteiger partial charge in [0.1, 0.15) is 0 Å². The first-order valence-electron chi connectivity index (χ1n) is 6.24. The number of aliphatic hydroxyl groups is 1. The van der Waals surface area contributed by atoms with Crippen LogP contribution in [-0.2, 0) is 11.2 Å². The lowest BCUT2D eigenvalue weighted by Gasteiger charge is -2.27. The zero-order valence-corrected chi connectivity index (χ0v) is 10.4. The Morgan fingerprint density at radius 3 is 2.78 bits per heavy atom. The average Bonchev–Trinajstić information content (AvgIpc) is 2.38. The maximum atomic E-state index is 12.2. The molecule has 1 aromatic rings. The van der Waals surface area contributed by atoms with Crippen molar-refractivity contribution in [3.8, 4) is 0 Å². The van der Waals surface area contributed by atoms with Crippen molar-refractivity contribution in [2.24, 2.45) is 0 Å². The quantitative estimate of drug-likeness (QED) is 0.818. The standard InChI is InChI=1S/C14H17NO3/c1-2-11(16)7-8-15-13(17)9-10-5-3-4-6-12(10)14(15)18/h3-6,11,16H,2,7-9H2,1H3. The normalized spacial score (nSPS) is 16.7. The monoisotopic (exact) mass is 247 g/mol. The van der Waals surface area contributed by atoms with Gasteiger partial charge in [0.05, 0.1) is 12.5 Å².